The van der Waals surface area contributed by atoms with Crippen LogP contribution in [0.2, 0.25) is 0 Å². The molecule has 0 spiro atoms. The average Bonchev–Trinajstić information content (AvgIpc) is 4.21. The van der Waals surface area contributed by atoms with Gasteiger partial charge in [0.15, 0.2) is 0 Å². The van der Waals surface area contributed by atoms with E-state index in [0.29, 0.717) is 0 Å². The molecule has 6 heteroatoms. The van der Waals surface area contributed by atoms with Crippen LogP contribution in [0.5, 0.6) is 0 Å². The fourth-order valence-corrected chi connectivity index (χ4v) is 12.9. The summed E-state index contributed by atoms with van der Waals surface area (Å²) in [5.74, 6) is 17.0. The summed E-state index contributed by atoms with van der Waals surface area (Å²) in [5.41, 5.74) is 22.7. The van der Waals surface area contributed by atoms with E-state index in [1.54, 1.807) is 22.7 Å². The molecule has 7 rings (SSSR count). The van der Waals surface area contributed by atoms with E-state index in [9.17, 15) is 0 Å². The van der Waals surface area contributed by atoms with Gasteiger partial charge < -0.3 is 9.97 Å². The van der Waals surface area contributed by atoms with Crippen LogP contribution < -0.4 is 0 Å². The predicted molar refractivity (Wildman–Crippen MR) is 298 cm³/mol. The Hall–Kier alpha value is -5.32. The summed E-state index contributed by atoms with van der Waals surface area (Å²) in [7, 11) is 0. The number of terminal acetylenes is 1. The zero-order valence-corrected chi connectivity index (χ0v) is 44.5. The van der Waals surface area contributed by atoms with Crippen LogP contribution in [0.25, 0.3) is 54.1 Å². The Labute approximate surface area is 417 Å². The molecule has 0 amide bonds. The number of rotatable bonds is 19. The second kappa shape index (κ2) is 23.8. The van der Waals surface area contributed by atoms with Crippen molar-refractivity contribution in [2.24, 2.45) is 0 Å². The van der Waals surface area contributed by atoms with Crippen molar-refractivity contribution in [3.05, 3.63) is 102 Å². The maximum absolute atomic E-state index is 6.11. The molecule has 4 nitrogen and oxygen atoms in total. The van der Waals surface area contributed by atoms with Gasteiger partial charge in [-0.25, -0.2) is 9.97 Å². The molecule has 0 radical (unpaired) electrons. The number of thiophene rings is 2. The number of unbranched alkanes of at least 4 members (excludes halogenated alkanes) is 6. The van der Waals surface area contributed by atoms with E-state index in [-0.39, 0.29) is 0 Å². The first-order chi connectivity index (χ1) is 33.2. The Morgan fingerprint density at radius 1 is 0.485 bits per heavy atom. The van der Waals surface area contributed by atoms with Gasteiger partial charge in [0.05, 0.1) is 38.1 Å². The molecular formula is C62H74N4S2. The number of hydrogen-bond acceptors (Lipinski definition) is 4. The minimum atomic E-state index is 0.844. The van der Waals surface area contributed by atoms with Crippen LogP contribution in [0.15, 0.2) is 30.3 Å². The Morgan fingerprint density at radius 3 is 1.41 bits per heavy atom. The molecular weight excluding hydrogens is 865 g/mol. The van der Waals surface area contributed by atoms with Crippen molar-refractivity contribution in [3.63, 3.8) is 0 Å². The monoisotopic (exact) mass is 939 g/mol. The predicted octanol–water partition coefficient (Wildman–Crippen LogP) is 17.4. The topological polar surface area (TPSA) is 57.4 Å². The lowest BCUT2D eigenvalue weighted by Crippen LogP contribution is -1.95. The number of nitrogens with one attached hydrogen (secondary N) is 2. The van der Waals surface area contributed by atoms with Crippen LogP contribution in [-0.2, 0) is 38.5 Å². The summed E-state index contributed by atoms with van der Waals surface area (Å²) in [5, 5.41) is 0. The summed E-state index contributed by atoms with van der Waals surface area (Å²) in [6.45, 7) is 22.7. The second-order valence-corrected chi connectivity index (χ2v) is 20.4. The van der Waals surface area contributed by atoms with Crippen LogP contribution in [0.3, 0.4) is 0 Å². The van der Waals surface area contributed by atoms with E-state index >= 15 is 0 Å². The molecule has 0 saturated carbocycles. The Morgan fingerprint density at radius 2 is 0.956 bits per heavy atom. The van der Waals surface area contributed by atoms with Gasteiger partial charge in [0, 0.05) is 31.8 Å². The lowest BCUT2D eigenvalue weighted by atomic mass is 9.94. The Bertz CT molecular complexity index is 2920. The van der Waals surface area contributed by atoms with Gasteiger partial charge >= 0.3 is 0 Å². The van der Waals surface area contributed by atoms with Crippen LogP contribution in [0.1, 0.15) is 218 Å². The third kappa shape index (κ3) is 10.5. The van der Waals surface area contributed by atoms with Crippen molar-refractivity contribution >= 4 is 67.0 Å². The van der Waals surface area contributed by atoms with Crippen molar-refractivity contribution in [1.82, 2.24) is 19.9 Å². The third-order valence-corrected chi connectivity index (χ3v) is 16.5. The first kappa shape index (κ1) is 50.6. The molecule has 7 heterocycles. The average molecular weight is 939 g/mol. The minimum absolute atomic E-state index is 0.844. The molecule has 0 aliphatic carbocycles. The van der Waals surface area contributed by atoms with Crippen molar-refractivity contribution in [3.8, 4) is 45.8 Å². The van der Waals surface area contributed by atoms with Gasteiger partial charge in [-0.2, -0.15) is 0 Å². The van der Waals surface area contributed by atoms with Gasteiger partial charge in [-0.3, -0.25) is 0 Å². The number of aryl methyl sites for hydroxylation is 6. The van der Waals surface area contributed by atoms with Crippen LogP contribution in [-0.4, -0.2) is 19.9 Å². The fraction of sp³-hybridized carbons (Fsp3) is 0.452. The lowest BCUT2D eigenvalue weighted by Gasteiger charge is -2.08. The van der Waals surface area contributed by atoms with Crippen LogP contribution >= 0.6 is 22.7 Å². The lowest BCUT2D eigenvalue weighted by molar-refractivity contribution is 0.667. The summed E-state index contributed by atoms with van der Waals surface area (Å²) in [4.78, 5) is 23.7. The maximum Gasteiger partial charge on any atom is 0.0851 e. The molecule has 354 valence electrons. The molecule has 2 aliphatic heterocycles. The highest BCUT2D eigenvalue weighted by atomic mass is 32.1. The minimum Gasteiger partial charge on any atom is -0.355 e. The van der Waals surface area contributed by atoms with Gasteiger partial charge in [-0.05, 0) is 187 Å². The highest BCUT2D eigenvalue weighted by Gasteiger charge is 2.27. The fourth-order valence-electron chi connectivity index (χ4n) is 10.7. The zero-order chi connectivity index (χ0) is 48.3. The smallest absolute Gasteiger partial charge is 0.0851 e. The first-order valence-electron chi connectivity index (χ1n) is 26.2. The van der Waals surface area contributed by atoms with Crippen LogP contribution in [0.4, 0.5) is 0 Å². The second-order valence-electron chi connectivity index (χ2n) is 18.3. The number of H-pyrrole nitrogens is 2. The number of nitrogens with zero attached hydrogens (tertiary/aromatic N) is 2. The summed E-state index contributed by atoms with van der Waals surface area (Å²) < 4.78 is 0. The van der Waals surface area contributed by atoms with E-state index in [0.717, 1.165) is 113 Å². The number of fused-ring (bicyclic) bond motifs is 8. The molecule has 0 unspecified atom stereocenters. The molecule has 5 aromatic rings. The highest BCUT2D eigenvalue weighted by molar-refractivity contribution is 7.22. The largest absolute Gasteiger partial charge is 0.355 e. The standard InChI is InChI=1S/C62H74N4S2/c1-12-23-25-27-31-40-36-59(68-58(40)22-11)62-41(32-28-26-24-13-2)35-42(67-62)33-29-30-34-51-60-49(20-9)47(18-7)56(65-60)38-54-45(16-5)43(14-3)52(63-54)37-53-44(15-4)46(17-6)55(64-53)39-57-48(19-8)50(21-10)61(51)66-57/h11,35-39,63-64H,12-21,23-28,31-32H2,1-10H3. The molecule has 2 N–H and O–H groups in total. The number of allylic oxidation sites excluding steroid dienone is 4. The number of aromatic amines is 2. The molecule has 0 saturated heterocycles. The van der Waals surface area contributed by atoms with Gasteiger partial charge in [-0.1, -0.05) is 114 Å². The zero-order valence-electron chi connectivity index (χ0n) is 42.9. The van der Waals surface area contributed by atoms with Gasteiger partial charge in [0.2, 0.25) is 0 Å². The molecule has 0 atom stereocenters. The number of aromatic nitrogens is 4. The quantitative estimate of drug-likeness (QED) is 0.0640. The van der Waals surface area contributed by atoms with Crippen molar-refractivity contribution in [2.45, 2.75) is 185 Å². The van der Waals surface area contributed by atoms with Gasteiger partial charge in [0.1, 0.15) is 0 Å². The number of hydrogen-bond donors (Lipinski definition) is 2. The van der Waals surface area contributed by atoms with Gasteiger partial charge in [0.25, 0.3) is 0 Å². The third-order valence-electron chi connectivity index (χ3n) is 14.1. The molecule has 8 bridgehead atoms. The van der Waals surface area contributed by atoms with Crippen molar-refractivity contribution < 1.29 is 0 Å². The molecule has 0 fully saturated rings. The van der Waals surface area contributed by atoms with Crippen molar-refractivity contribution in [2.75, 3.05) is 0 Å². The van der Waals surface area contributed by atoms with E-state index < -0.39 is 0 Å². The van der Waals surface area contributed by atoms with E-state index in [1.165, 1.54) is 128 Å². The van der Waals surface area contributed by atoms with E-state index in [4.69, 9.17) is 16.4 Å². The first-order valence-corrected chi connectivity index (χ1v) is 27.9. The van der Waals surface area contributed by atoms with Crippen LogP contribution in [0, 0.1) is 36.0 Å². The summed E-state index contributed by atoms with van der Waals surface area (Å²) >= 11 is 3.57. The Kier molecular flexibility index (Phi) is 17.7. The summed E-state index contributed by atoms with van der Waals surface area (Å²) in [6.07, 6.45) is 25.2. The molecule has 2 aliphatic rings. The normalized spacial score (nSPS) is 12.4. The highest BCUT2D eigenvalue weighted by Crippen LogP contribution is 2.43. The van der Waals surface area contributed by atoms with E-state index in [1.807, 2.05) is 0 Å². The molecule has 5 aromatic heterocycles. The van der Waals surface area contributed by atoms with Gasteiger partial charge in [-0.15, -0.1) is 29.1 Å². The van der Waals surface area contributed by atoms with Crippen molar-refractivity contribution in [1.29, 1.82) is 0 Å². The maximum atomic E-state index is 6.11. The van der Waals surface area contributed by atoms with E-state index in [2.05, 4.69) is 139 Å². The molecule has 0 aromatic carbocycles. The Balaban J connectivity index is 1.47. The summed E-state index contributed by atoms with van der Waals surface area (Å²) in [6, 6.07) is 11.7. The molecule has 68 heavy (non-hydrogen) atoms. The SMILES string of the molecule is C#Cc1sc(-c2sc(C#CC#Cc3c4nc(cc5[nH]c(cc6[nH]c(cc7nc3C(CC)=C7CC)c(CC)c6CC)c(CC)c5CC)C(CC)=C4CC)cc2CCCCCC)cc1CCCCCC.